The van der Waals surface area contributed by atoms with E-state index in [9.17, 15) is 5.11 Å². The number of aliphatic hydroxyl groups is 1. The maximum absolute atomic E-state index is 10.3. The van der Waals surface area contributed by atoms with Crippen LogP contribution in [0.4, 0.5) is 0 Å². The summed E-state index contributed by atoms with van der Waals surface area (Å²) in [5.41, 5.74) is 0.849. The molecule has 2 aromatic carbocycles. The summed E-state index contributed by atoms with van der Waals surface area (Å²) >= 11 is 0. The molecule has 0 fully saturated rings. The van der Waals surface area contributed by atoms with Crippen molar-refractivity contribution in [3.63, 3.8) is 0 Å². The molecule has 0 bridgehead atoms. The smallest absolute Gasteiger partial charge is 0.870 e. The first-order chi connectivity index (χ1) is 20.5. The van der Waals surface area contributed by atoms with E-state index in [4.69, 9.17) is 15.3 Å². The van der Waals surface area contributed by atoms with Crippen LogP contribution in [0.2, 0.25) is 24.2 Å². The summed E-state index contributed by atoms with van der Waals surface area (Å²) in [6, 6.07) is 19.9. The van der Waals surface area contributed by atoms with Gasteiger partial charge in [-0.15, -0.1) is 32.7 Å². The Bertz CT molecular complexity index is 1250. The van der Waals surface area contributed by atoms with Crippen LogP contribution in [0.3, 0.4) is 0 Å². The molecule has 0 saturated carbocycles. The Morgan fingerprint density at radius 1 is 0.778 bits per heavy atom. The van der Waals surface area contributed by atoms with Crippen molar-refractivity contribution in [2.24, 2.45) is 5.92 Å². The van der Waals surface area contributed by atoms with Gasteiger partial charge in [0.2, 0.25) is 16.6 Å². The fraction of sp³-hybridized carbons (Fsp3) is 0.368. The van der Waals surface area contributed by atoms with Crippen molar-refractivity contribution in [1.82, 2.24) is 0 Å². The molecular weight excluding hydrogens is 600 g/mol. The Morgan fingerprint density at radius 2 is 1.13 bits per heavy atom. The number of hydrogen-bond acceptors (Lipinski definition) is 4. The van der Waals surface area contributed by atoms with Gasteiger partial charge in [-0.2, -0.15) is 0 Å². The Morgan fingerprint density at radius 3 is 1.42 bits per heavy atom. The van der Waals surface area contributed by atoms with Crippen molar-refractivity contribution in [3.05, 3.63) is 110 Å². The molecule has 1 unspecified atom stereocenters. The average molecular weight is 653 g/mol. The second-order valence-corrected chi connectivity index (χ2v) is 18.6. The van der Waals surface area contributed by atoms with Crippen LogP contribution in [-0.4, -0.2) is 46.0 Å². The van der Waals surface area contributed by atoms with E-state index in [2.05, 4.69) is 82.2 Å². The van der Waals surface area contributed by atoms with E-state index in [0.717, 1.165) is 35.3 Å². The van der Waals surface area contributed by atoms with Crippen molar-refractivity contribution < 1.29 is 49.0 Å². The van der Waals surface area contributed by atoms with Gasteiger partial charge in [-0.1, -0.05) is 80.2 Å². The van der Waals surface area contributed by atoms with Gasteiger partial charge >= 0.3 is 29.6 Å². The number of allylic oxidation sites excluding steroid dienone is 4. The van der Waals surface area contributed by atoms with E-state index in [0.29, 0.717) is 25.6 Å². The molecule has 0 saturated heterocycles. The van der Waals surface area contributed by atoms with E-state index < -0.39 is 22.2 Å². The van der Waals surface area contributed by atoms with Gasteiger partial charge < -0.3 is 19.4 Å². The van der Waals surface area contributed by atoms with Crippen LogP contribution in [0.1, 0.15) is 52.2 Å². The Kier molecular flexibility index (Phi) is 23.1. The molecule has 0 aliphatic rings. The minimum atomic E-state index is -2.11. The molecule has 0 aromatic heterocycles. The van der Waals surface area contributed by atoms with Crippen LogP contribution < -0.4 is 39.9 Å². The second kappa shape index (κ2) is 23.2. The first kappa shape index (κ1) is 44.9. The zero-order valence-corrected chi connectivity index (χ0v) is 32.6. The summed E-state index contributed by atoms with van der Waals surface area (Å²) in [5.74, 6) is 9.13. The Balaban J connectivity index is 0. The van der Waals surface area contributed by atoms with Gasteiger partial charge in [0.05, 0.1) is 0 Å². The van der Waals surface area contributed by atoms with Gasteiger partial charge in [-0.25, -0.2) is 0 Å². The number of benzene rings is 2. The molecule has 2 rings (SSSR count). The minimum Gasteiger partial charge on any atom is -0.870 e. The van der Waals surface area contributed by atoms with Crippen LogP contribution in [0, 0.1) is 30.1 Å². The molecule has 0 amide bonds. The van der Waals surface area contributed by atoms with Gasteiger partial charge in [0.1, 0.15) is 5.60 Å². The van der Waals surface area contributed by atoms with Gasteiger partial charge in [-0.05, 0) is 91.9 Å². The van der Waals surface area contributed by atoms with Crippen LogP contribution in [0.25, 0.3) is 0 Å². The van der Waals surface area contributed by atoms with Crippen molar-refractivity contribution in [2.75, 3.05) is 13.2 Å². The summed E-state index contributed by atoms with van der Waals surface area (Å²) < 4.78 is 12.3. The van der Waals surface area contributed by atoms with Gasteiger partial charge in [0.15, 0.2) is 0 Å². The molecule has 2 aromatic rings. The summed E-state index contributed by atoms with van der Waals surface area (Å²) in [6.07, 6.45) is 13.8. The largest absolute Gasteiger partial charge is 1.00 e. The van der Waals surface area contributed by atoms with Crippen molar-refractivity contribution in [2.45, 2.75) is 70.8 Å². The van der Waals surface area contributed by atoms with E-state index in [-0.39, 0.29) is 35.0 Å². The molecule has 2 N–H and O–H groups in total. The predicted molar refractivity (Wildman–Crippen MR) is 194 cm³/mol. The van der Waals surface area contributed by atoms with Gasteiger partial charge in [0.25, 0.3) is 0 Å². The van der Waals surface area contributed by atoms with E-state index in [1.807, 2.05) is 62.4 Å². The normalized spacial score (nSPS) is 11.9. The molecule has 4 nitrogen and oxygen atoms in total. The van der Waals surface area contributed by atoms with Crippen LogP contribution in [0.15, 0.2) is 99.2 Å². The van der Waals surface area contributed by atoms with Crippen LogP contribution in [-0.2, 0) is 8.85 Å². The third-order valence-electron chi connectivity index (χ3n) is 7.01. The summed E-state index contributed by atoms with van der Waals surface area (Å²) in [5, 5.41) is 12.8. The van der Waals surface area contributed by atoms with Crippen molar-refractivity contribution in [3.8, 4) is 24.2 Å². The predicted octanol–water partition coefficient (Wildman–Crippen LogP) is 4.45. The van der Waals surface area contributed by atoms with Crippen LogP contribution in [0.5, 0.6) is 0 Å². The fourth-order valence-corrected chi connectivity index (χ4v) is 11.9. The first-order valence-electron chi connectivity index (χ1n) is 15.2. The third-order valence-corrected chi connectivity index (χ3v) is 15.3. The number of rotatable bonds is 16. The number of hydrogen-bond donors (Lipinski definition) is 1. The molecule has 238 valence electrons. The molecule has 45 heavy (non-hydrogen) atoms. The van der Waals surface area contributed by atoms with Gasteiger partial charge in [-0.3, -0.25) is 0 Å². The summed E-state index contributed by atoms with van der Waals surface area (Å²) in [6.45, 7) is 26.9. The molecule has 1 atom stereocenters. The maximum atomic E-state index is 10.3. The standard InChI is InChI=1S/C22H32O2Si.C16H20OSi.Na.H2O/c1-7-16-25(17-8-2,24-9-3)21-12-10-20(11-13-21)14-15-22(6,23)18-19(4)5;1-5-13-18(14-6-2,17-8-4)16-11-9-15(7-3)10-12-16;;/h7-8,10-13,19,23H,1-2,9,16-18H2,3-6H3;3,5-6,9-12H,1-2,8,13-14H2,4H3;;1H2/q;;+1;/p-1. The van der Waals surface area contributed by atoms with E-state index in [1.165, 1.54) is 10.4 Å². The molecule has 0 aliphatic carbocycles. The van der Waals surface area contributed by atoms with Crippen LogP contribution >= 0.6 is 0 Å². The van der Waals surface area contributed by atoms with E-state index in [1.54, 1.807) is 6.92 Å². The number of terminal acetylenes is 1. The van der Waals surface area contributed by atoms with Crippen molar-refractivity contribution in [1.29, 1.82) is 0 Å². The molecular formula is C38H53NaO4Si2. The molecule has 0 spiro atoms. The maximum Gasteiger partial charge on any atom is 1.00 e. The summed E-state index contributed by atoms with van der Waals surface area (Å²) in [4.78, 5) is 0. The zero-order chi connectivity index (χ0) is 32.4. The fourth-order valence-electron chi connectivity index (χ4n) is 5.31. The zero-order valence-electron chi connectivity index (χ0n) is 28.6. The molecule has 0 aliphatic heterocycles. The first-order valence-corrected chi connectivity index (χ1v) is 19.8. The molecule has 0 heterocycles. The minimum absolute atomic E-state index is 0. The summed E-state index contributed by atoms with van der Waals surface area (Å²) in [7, 11) is -4.12. The monoisotopic (exact) mass is 652 g/mol. The molecule has 7 heteroatoms. The third kappa shape index (κ3) is 14.8. The van der Waals surface area contributed by atoms with E-state index >= 15 is 0 Å². The van der Waals surface area contributed by atoms with Gasteiger partial charge in [0, 0.05) is 24.3 Å². The Labute approximate surface area is 298 Å². The Hall–Kier alpha value is -2.21. The topological polar surface area (TPSA) is 68.7 Å². The second-order valence-electron chi connectivity index (χ2n) is 11.2. The quantitative estimate of drug-likeness (QED) is 0.165. The average Bonchev–Trinajstić information content (AvgIpc) is 2.97. The SMILES string of the molecule is C#Cc1ccc([Si](CC=C)(CC=C)OCC)cc1.C=CC[Si](CC=C)(OCC)c1ccc(C#CC(C)(O)CC(C)C)cc1.[Na+].[OH-]. The van der Waals surface area contributed by atoms with Crippen molar-refractivity contribution >= 4 is 27.0 Å². The molecule has 0 radical (unpaired) electrons.